The molecule has 21 heavy (non-hydrogen) atoms. The second-order valence-electron chi connectivity index (χ2n) is 8.51. The maximum atomic E-state index is 10.7. The van der Waals surface area contributed by atoms with E-state index in [4.69, 9.17) is 0 Å². The molecule has 0 bridgehead atoms. The molecule has 0 heterocycles. The van der Waals surface area contributed by atoms with Gasteiger partial charge in [-0.25, -0.2) is 0 Å². The first kappa shape index (κ1) is 13.7. The van der Waals surface area contributed by atoms with Gasteiger partial charge in [-0.15, -0.1) is 0 Å². The first-order valence-electron chi connectivity index (χ1n) is 8.75. The van der Waals surface area contributed by atoms with Crippen LogP contribution in [0.5, 0.6) is 0 Å². The molecule has 0 spiro atoms. The van der Waals surface area contributed by atoms with Gasteiger partial charge in [-0.2, -0.15) is 0 Å². The maximum Gasteiger partial charge on any atom is 0.136 e. The van der Waals surface area contributed by atoms with Crippen molar-refractivity contribution in [2.45, 2.75) is 58.8 Å². The highest BCUT2D eigenvalue weighted by atomic mass is 16.3. The van der Waals surface area contributed by atoms with E-state index in [1.165, 1.54) is 32.1 Å². The molecule has 0 saturated heterocycles. The van der Waals surface area contributed by atoms with Gasteiger partial charge in [-0.05, 0) is 67.6 Å². The lowest BCUT2D eigenvalue weighted by Gasteiger charge is -2.58. The lowest BCUT2D eigenvalue weighted by atomic mass is 9.46. The van der Waals surface area contributed by atoms with Crippen molar-refractivity contribution in [3.05, 3.63) is 23.7 Å². The summed E-state index contributed by atoms with van der Waals surface area (Å²) in [5.41, 5.74) is 0.281. The summed E-state index contributed by atoms with van der Waals surface area (Å²) < 4.78 is 0. The smallest absolute Gasteiger partial charge is 0.136 e. The number of rotatable bonds is 0. The van der Waals surface area contributed by atoms with Crippen LogP contribution in [0.2, 0.25) is 0 Å². The minimum Gasteiger partial charge on any atom is -0.509 e. The highest BCUT2D eigenvalue weighted by Crippen LogP contribution is 2.65. The molecule has 2 saturated carbocycles. The number of aliphatic hydroxyl groups excluding tert-OH is 2. The van der Waals surface area contributed by atoms with E-state index in [1.807, 2.05) is 0 Å². The molecular formula is C19H28O2. The van der Waals surface area contributed by atoms with Crippen molar-refractivity contribution in [1.29, 1.82) is 0 Å². The molecule has 4 aliphatic rings. The molecule has 1 unspecified atom stereocenters. The average molecular weight is 288 g/mol. The molecule has 4 aliphatic carbocycles. The van der Waals surface area contributed by atoms with Gasteiger partial charge >= 0.3 is 0 Å². The minimum absolute atomic E-state index is 0.178. The number of aliphatic hydroxyl groups is 2. The molecule has 0 amide bonds. The van der Waals surface area contributed by atoms with Crippen molar-refractivity contribution >= 4 is 0 Å². The summed E-state index contributed by atoms with van der Waals surface area (Å²) in [4.78, 5) is 0. The van der Waals surface area contributed by atoms with Crippen molar-refractivity contribution in [2.24, 2.45) is 34.5 Å². The van der Waals surface area contributed by atoms with Crippen molar-refractivity contribution in [3.8, 4) is 0 Å². The summed E-state index contributed by atoms with van der Waals surface area (Å²) in [6.45, 7) is 4.69. The summed E-state index contributed by atoms with van der Waals surface area (Å²) in [5.74, 6) is 3.08. The largest absolute Gasteiger partial charge is 0.509 e. The number of allylic oxidation sites excluding steroid dienone is 4. The quantitative estimate of drug-likeness (QED) is 0.606. The van der Waals surface area contributed by atoms with Crippen LogP contribution < -0.4 is 0 Å². The van der Waals surface area contributed by atoms with Crippen molar-refractivity contribution in [1.82, 2.24) is 0 Å². The molecule has 0 aromatic rings. The van der Waals surface area contributed by atoms with E-state index < -0.39 is 0 Å². The van der Waals surface area contributed by atoms with E-state index in [-0.39, 0.29) is 11.2 Å². The lowest BCUT2D eigenvalue weighted by Crippen LogP contribution is -2.52. The van der Waals surface area contributed by atoms with Crippen LogP contribution in [0.3, 0.4) is 0 Å². The van der Waals surface area contributed by atoms with Crippen LogP contribution in [0.4, 0.5) is 0 Å². The molecule has 6 atom stereocenters. The Kier molecular flexibility index (Phi) is 2.81. The molecule has 116 valence electrons. The second kappa shape index (κ2) is 4.30. The van der Waals surface area contributed by atoms with Gasteiger partial charge in [0.25, 0.3) is 0 Å². The van der Waals surface area contributed by atoms with Crippen LogP contribution in [0, 0.1) is 34.5 Å². The van der Waals surface area contributed by atoms with Crippen molar-refractivity contribution < 1.29 is 10.2 Å². The zero-order valence-corrected chi connectivity index (χ0v) is 13.3. The second-order valence-corrected chi connectivity index (χ2v) is 8.51. The van der Waals surface area contributed by atoms with Gasteiger partial charge < -0.3 is 10.2 Å². The van der Waals surface area contributed by atoms with E-state index in [9.17, 15) is 10.2 Å². The molecule has 2 nitrogen and oxygen atoms in total. The normalized spacial score (nSPS) is 52.3. The van der Waals surface area contributed by atoms with Gasteiger partial charge in [0.2, 0.25) is 0 Å². The molecule has 0 radical (unpaired) electrons. The Balaban J connectivity index is 1.75. The van der Waals surface area contributed by atoms with Crippen LogP contribution in [0.25, 0.3) is 0 Å². The summed E-state index contributed by atoms with van der Waals surface area (Å²) >= 11 is 0. The average Bonchev–Trinajstić information content (AvgIpc) is 2.86. The van der Waals surface area contributed by atoms with Crippen LogP contribution in [0.15, 0.2) is 23.7 Å². The van der Waals surface area contributed by atoms with E-state index >= 15 is 0 Å². The molecular weight excluding hydrogens is 260 g/mol. The first-order chi connectivity index (χ1) is 9.97. The van der Waals surface area contributed by atoms with Crippen LogP contribution >= 0.6 is 0 Å². The lowest BCUT2D eigenvalue weighted by molar-refractivity contribution is -0.0872. The van der Waals surface area contributed by atoms with E-state index in [0.717, 1.165) is 6.42 Å². The molecule has 2 fully saturated rings. The Morgan fingerprint density at radius 2 is 1.90 bits per heavy atom. The molecule has 4 rings (SSSR count). The third-order valence-electron chi connectivity index (χ3n) is 7.72. The minimum atomic E-state index is -0.178. The molecule has 0 aromatic heterocycles. The van der Waals surface area contributed by atoms with Crippen LogP contribution in [0.1, 0.15) is 58.8 Å². The predicted molar refractivity (Wildman–Crippen MR) is 83.9 cm³/mol. The number of fused-ring (bicyclic) bond motifs is 5. The fourth-order valence-corrected chi connectivity index (χ4v) is 6.41. The topological polar surface area (TPSA) is 40.5 Å². The Labute approximate surface area is 127 Å². The maximum absolute atomic E-state index is 10.7. The van der Waals surface area contributed by atoms with Gasteiger partial charge in [-0.3, -0.25) is 0 Å². The summed E-state index contributed by atoms with van der Waals surface area (Å²) in [6, 6.07) is 0. The zero-order valence-electron chi connectivity index (χ0n) is 13.3. The highest BCUT2D eigenvalue weighted by Gasteiger charge is 2.58. The number of hydrogen-bond donors (Lipinski definition) is 2. The molecule has 0 aliphatic heterocycles. The Hall–Kier alpha value is -0.920. The van der Waals surface area contributed by atoms with Crippen LogP contribution in [-0.2, 0) is 0 Å². The standard InChI is InChI=1S/C19H28O2/c1-18-10-3-4-14(18)13-7-5-12-6-8-16(20)17(21)19(12,2)15(13)9-11-18/h3-4,12-15,20-21H,5-11H2,1-2H3/t12?,13-,14-,15-,18-,19-/m0/s1. The molecule has 2 heteroatoms. The van der Waals surface area contributed by atoms with Gasteiger partial charge in [-0.1, -0.05) is 26.0 Å². The Morgan fingerprint density at radius 3 is 2.71 bits per heavy atom. The fraction of sp³-hybridized carbons (Fsp3) is 0.789. The van der Waals surface area contributed by atoms with Crippen molar-refractivity contribution in [3.63, 3.8) is 0 Å². The molecule has 2 N–H and O–H groups in total. The van der Waals surface area contributed by atoms with Crippen molar-refractivity contribution in [2.75, 3.05) is 0 Å². The zero-order chi connectivity index (χ0) is 14.8. The van der Waals surface area contributed by atoms with Gasteiger partial charge in [0.05, 0.1) is 0 Å². The van der Waals surface area contributed by atoms with Gasteiger partial charge in [0, 0.05) is 11.8 Å². The third-order valence-corrected chi connectivity index (χ3v) is 7.72. The van der Waals surface area contributed by atoms with E-state index in [0.29, 0.717) is 41.3 Å². The predicted octanol–water partition coefficient (Wildman–Crippen LogP) is 5.13. The third kappa shape index (κ3) is 1.65. The summed E-state index contributed by atoms with van der Waals surface area (Å²) in [5, 5.41) is 20.8. The van der Waals surface area contributed by atoms with Gasteiger partial charge in [0.1, 0.15) is 11.5 Å². The SMILES string of the molecule is C[C@@]12CC=C[C@H]1[C@@H]1CCC3CCC(O)=C(O)[C@]3(C)[C@H]1CC2. The van der Waals surface area contributed by atoms with Crippen LogP contribution in [-0.4, -0.2) is 10.2 Å². The first-order valence-corrected chi connectivity index (χ1v) is 8.75. The van der Waals surface area contributed by atoms with E-state index in [1.54, 1.807) is 0 Å². The Morgan fingerprint density at radius 1 is 1.10 bits per heavy atom. The monoisotopic (exact) mass is 288 g/mol. The summed E-state index contributed by atoms with van der Waals surface area (Å²) in [7, 11) is 0. The highest BCUT2D eigenvalue weighted by molar-refractivity contribution is 5.23. The Bertz CT molecular complexity index is 520. The molecule has 0 aromatic carbocycles. The van der Waals surface area contributed by atoms with Gasteiger partial charge in [0.15, 0.2) is 0 Å². The number of hydrogen-bond acceptors (Lipinski definition) is 2. The van der Waals surface area contributed by atoms with E-state index in [2.05, 4.69) is 26.0 Å². The summed E-state index contributed by atoms with van der Waals surface area (Å²) in [6.07, 6.45) is 12.8. The fourth-order valence-electron chi connectivity index (χ4n) is 6.41.